The summed E-state index contributed by atoms with van der Waals surface area (Å²) in [4.78, 5) is 29.3. The van der Waals surface area contributed by atoms with Crippen molar-refractivity contribution in [1.82, 2.24) is 9.80 Å². The highest BCUT2D eigenvalue weighted by molar-refractivity contribution is 5.94. The fourth-order valence-corrected chi connectivity index (χ4v) is 4.18. The van der Waals surface area contributed by atoms with Crippen molar-refractivity contribution in [2.75, 3.05) is 26.7 Å². The molecule has 1 aromatic carbocycles. The average molecular weight is 342 g/mol. The van der Waals surface area contributed by atoms with Gasteiger partial charge in [0.05, 0.1) is 12.6 Å². The third-order valence-corrected chi connectivity index (χ3v) is 5.38. The summed E-state index contributed by atoms with van der Waals surface area (Å²) < 4.78 is 5.23. The monoisotopic (exact) mass is 342 g/mol. The molecule has 134 valence electrons. The maximum atomic E-state index is 13.0. The average Bonchev–Trinajstić information content (AvgIpc) is 2.64. The van der Waals surface area contributed by atoms with Crippen LogP contribution in [0.3, 0.4) is 0 Å². The zero-order valence-electron chi connectivity index (χ0n) is 14.9. The molecule has 1 spiro atoms. The van der Waals surface area contributed by atoms with Gasteiger partial charge in [0, 0.05) is 31.6 Å². The molecule has 0 bridgehead atoms. The quantitative estimate of drug-likeness (QED) is 0.791. The summed E-state index contributed by atoms with van der Waals surface area (Å²) in [7, 11) is 1.60. The number of carbonyl (C=O) groups excluding carboxylic acids is 2. The minimum Gasteiger partial charge on any atom is -0.497 e. The van der Waals surface area contributed by atoms with E-state index in [0.29, 0.717) is 30.8 Å². The second kappa shape index (κ2) is 7.30. The lowest BCUT2D eigenvalue weighted by atomic mass is 9.79. The largest absolute Gasteiger partial charge is 0.497 e. The molecule has 0 saturated carbocycles. The first-order valence-corrected chi connectivity index (χ1v) is 8.94. The van der Waals surface area contributed by atoms with E-state index in [9.17, 15) is 9.59 Å². The van der Waals surface area contributed by atoms with Crippen molar-refractivity contribution in [3.05, 3.63) is 42.5 Å². The molecule has 0 aliphatic carbocycles. The zero-order valence-corrected chi connectivity index (χ0v) is 14.9. The van der Waals surface area contributed by atoms with Gasteiger partial charge in [0.1, 0.15) is 5.75 Å². The van der Waals surface area contributed by atoms with Crippen molar-refractivity contribution in [1.29, 1.82) is 0 Å². The molecule has 5 heteroatoms. The number of rotatable bonds is 4. The molecule has 2 heterocycles. The van der Waals surface area contributed by atoms with Gasteiger partial charge in [-0.2, -0.15) is 0 Å². The minimum absolute atomic E-state index is 0.00884. The molecule has 0 N–H and O–H groups in total. The third-order valence-electron chi connectivity index (χ3n) is 5.38. The molecule has 2 fully saturated rings. The number of benzene rings is 1. The lowest BCUT2D eigenvalue weighted by Crippen LogP contribution is -2.63. The van der Waals surface area contributed by atoms with Gasteiger partial charge < -0.3 is 14.5 Å². The predicted molar refractivity (Wildman–Crippen MR) is 96.6 cm³/mol. The van der Waals surface area contributed by atoms with E-state index < -0.39 is 0 Å². The summed E-state index contributed by atoms with van der Waals surface area (Å²) in [5.41, 5.74) is 0.393. The van der Waals surface area contributed by atoms with Crippen molar-refractivity contribution in [2.45, 2.75) is 37.6 Å². The van der Waals surface area contributed by atoms with Crippen LogP contribution in [-0.4, -0.2) is 53.9 Å². The molecule has 25 heavy (non-hydrogen) atoms. The van der Waals surface area contributed by atoms with Gasteiger partial charge in [-0.3, -0.25) is 9.59 Å². The van der Waals surface area contributed by atoms with Crippen molar-refractivity contribution in [3.8, 4) is 5.75 Å². The Bertz CT molecular complexity index is 669. The Kier molecular flexibility index (Phi) is 5.11. The summed E-state index contributed by atoms with van der Waals surface area (Å²) in [5.74, 6) is 0.870. The number of nitrogens with zero attached hydrogens (tertiary/aromatic N) is 2. The maximum absolute atomic E-state index is 13.0. The van der Waals surface area contributed by atoms with Crippen LogP contribution >= 0.6 is 0 Å². The van der Waals surface area contributed by atoms with Gasteiger partial charge in [-0.15, -0.1) is 6.58 Å². The van der Waals surface area contributed by atoms with Gasteiger partial charge >= 0.3 is 0 Å². The number of piperidine rings is 2. The van der Waals surface area contributed by atoms with Gasteiger partial charge in [-0.25, -0.2) is 0 Å². The van der Waals surface area contributed by atoms with E-state index in [1.54, 1.807) is 19.3 Å². The van der Waals surface area contributed by atoms with Crippen LogP contribution in [0.5, 0.6) is 5.75 Å². The van der Waals surface area contributed by atoms with Gasteiger partial charge in [-0.05, 0) is 43.9 Å². The second-order valence-corrected chi connectivity index (χ2v) is 6.93. The van der Waals surface area contributed by atoms with Crippen LogP contribution < -0.4 is 4.74 Å². The Labute approximate surface area is 149 Å². The number of ether oxygens (including phenoxy) is 1. The van der Waals surface area contributed by atoms with Crippen LogP contribution in [-0.2, 0) is 4.79 Å². The molecule has 0 aromatic heterocycles. The Morgan fingerprint density at radius 2 is 2.16 bits per heavy atom. The maximum Gasteiger partial charge on any atom is 0.254 e. The summed E-state index contributed by atoms with van der Waals surface area (Å²) >= 11 is 0. The molecule has 2 aliphatic rings. The lowest BCUT2D eigenvalue weighted by Gasteiger charge is -2.52. The Hall–Kier alpha value is -2.30. The van der Waals surface area contributed by atoms with E-state index in [-0.39, 0.29) is 17.4 Å². The molecular weight excluding hydrogens is 316 g/mol. The van der Waals surface area contributed by atoms with E-state index in [1.807, 2.05) is 28.0 Å². The normalized spacial score (nSPS) is 23.6. The number of amides is 2. The molecular formula is C20H26N2O3. The second-order valence-electron chi connectivity index (χ2n) is 6.93. The molecule has 2 saturated heterocycles. The highest BCUT2D eigenvalue weighted by atomic mass is 16.5. The van der Waals surface area contributed by atoms with Crippen LogP contribution in [0.2, 0.25) is 0 Å². The van der Waals surface area contributed by atoms with Crippen LogP contribution in [0.15, 0.2) is 36.9 Å². The van der Waals surface area contributed by atoms with Gasteiger partial charge in [0.2, 0.25) is 5.91 Å². The van der Waals surface area contributed by atoms with E-state index in [4.69, 9.17) is 4.74 Å². The van der Waals surface area contributed by atoms with E-state index >= 15 is 0 Å². The molecule has 1 atom stereocenters. The first-order chi connectivity index (χ1) is 12.1. The molecule has 2 aliphatic heterocycles. The van der Waals surface area contributed by atoms with Crippen LogP contribution in [0.4, 0.5) is 0 Å². The van der Waals surface area contributed by atoms with Crippen molar-refractivity contribution >= 4 is 11.8 Å². The number of hydrogen-bond acceptors (Lipinski definition) is 3. The molecule has 2 amide bonds. The van der Waals surface area contributed by atoms with E-state index in [0.717, 1.165) is 32.2 Å². The summed E-state index contributed by atoms with van der Waals surface area (Å²) in [6.07, 6.45) is 6.10. The fourth-order valence-electron chi connectivity index (χ4n) is 4.18. The van der Waals surface area contributed by atoms with Gasteiger partial charge in [0.15, 0.2) is 0 Å². The number of methoxy groups -OCH3 is 1. The van der Waals surface area contributed by atoms with Crippen LogP contribution in [0.25, 0.3) is 0 Å². The number of likely N-dealkylation sites (tertiary alicyclic amines) is 2. The summed E-state index contributed by atoms with van der Waals surface area (Å²) in [6, 6.07) is 7.26. The predicted octanol–water partition coefficient (Wildman–Crippen LogP) is 2.87. The lowest BCUT2D eigenvalue weighted by molar-refractivity contribution is -0.143. The molecule has 5 nitrogen and oxygen atoms in total. The number of carbonyl (C=O) groups is 2. The topological polar surface area (TPSA) is 49.9 Å². The SMILES string of the molecule is C=CCN1C(=O)CCC[C@@]12CCCN(C(=O)c1cccc(OC)c1)C2. The first-order valence-electron chi connectivity index (χ1n) is 8.94. The van der Waals surface area contributed by atoms with Crippen LogP contribution in [0.1, 0.15) is 42.5 Å². The summed E-state index contributed by atoms with van der Waals surface area (Å²) in [5, 5.41) is 0. The Morgan fingerprint density at radius 1 is 1.36 bits per heavy atom. The van der Waals surface area contributed by atoms with Gasteiger partial charge in [-0.1, -0.05) is 12.1 Å². The Morgan fingerprint density at radius 3 is 2.92 bits per heavy atom. The standard InChI is InChI=1S/C20H26N2O3/c1-3-12-22-18(23)9-5-10-20(22)11-6-13-21(15-20)19(24)16-7-4-8-17(14-16)25-2/h3-4,7-8,14H,1,5-6,9-13,15H2,2H3/t20-/m0/s1. The smallest absolute Gasteiger partial charge is 0.254 e. The van der Waals surface area contributed by atoms with Crippen LogP contribution in [0, 0.1) is 0 Å². The highest BCUT2D eigenvalue weighted by Gasteiger charge is 2.45. The minimum atomic E-state index is -0.240. The fraction of sp³-hybridized carbons (Fsp3) is 0.500. The van der Waals surface area contributed by atoms with E-state index in [1.165, 1.54) is 0 Å². The highest BCUT2D eigenvalue weighted by Crippen LogP contribution is 2.37. The molecule has 0 unspecified atom stereocenters. The third kappa shape index (κ3) is 3.41. The van der Waals surface area contributed by atoms with Crippen molar-refractivity contribution < 1.29 is 14.3 Å². The van der Waals surface area contributed by atoms with E-state index in [2.05, 4.69) is 6.58 Å². The zero-order chi connectivity index (χ0) is 17.9. The van der Waals surface area contributed by atoms with Crippen molar-refractivity contribution in [3.63, 3.8) is 0 Å². The molecule has 1 aromatic rings. The number of hydrogen-bond donors (Lipinski definition) is 0. The molecule has 3 rings (SSSR count). The first kappa shape index (κ1) is 17.5. The van der Waals surface area contributed by atoms with Crippen molar-refractivity contribution in [2.24, 2.45) is 0 Å². The summed E-state index contributed by atoms with van der Waals surface area (Å²) in [6.45, 7) is 5.69. The molecule has 0 radical (unpaired) electrons. The Balaban J connectivity index is 1.83. The van der Waals surface area contributed by atoms with Gasteiger partial charge in [0.25, 0.3) is 5.91 Å².